The molecule has 18 heavy (non-hydrogen) atoms. The predicted octanol–water partition coefficient (Wildman–Crippen LogP) is 2.80. The van der Waals surface area contributed by atoms with Crippen LogP contribution in [0.25, 0.3) is 0 Å². The van der Waals surface area contributed by atoms with Crippen LogP contribution < -0.4 is 0 Å². The van der Waals surface area contributed by atoms with Crippen molar-refractivity contribution < 1.29 is 14.3 Å². The highest BCUT2D eigenvalue weighted by Gasteiger charge is 2.48. The van der Waals surface area contributed by atoms with Gasteiger partial charge in [0.2, 0.25) is 0 Å². The van der Waals surface area contributed by atoms with Crippen molar-refractivity contribution in [2.24, 2.45) is 11.8 Å². The van der Waals surface area contributed by atoms with Gasteiger partial charge in [-0.1, -0.05) is 38.1 Å². The van der Waals surface area contributed by atoms with E-state index in [-0.39, 0.29) is 23.6 Å². The average molecular weight is 246 g/mol. The van der Waals surface area contributed by atoms with Crippen LogP contribution in [0.4, 0.5) is 0 Å². The summed E-state index contributed by atoms with van der Waals surface area (Å²) >= 11 is 0. The molecule has 0 radical (unpaired) electrons. The van der Waals surface area contributed by atoms with Crippen molar-refractivity contribution in [3.05, 3.63) is 35.4 Å². The van der Waals surface area contributed by atoms with Crippen molar-refractivity contribution in [2.45, 2.75) is 26.2 Å². The van der Waals surface area contributed by atoms with Crippen LogP contribution in [0.1, 0.15) is 42.1 Å². The van der Waals surface area contributed by atoms with Crippen LogP contribution in [0.2, 0.25) is 0 Å². The second-order valence-electron chi connectivity index (χ2n) is 5.11. The smallest absolute Gasteiger partial charge is 0.309 e. The van der Waals surface area contributed by atoms with Gasteiger partial charge in [0.05, 0.1) is 13.0 Å². The molecule has 0 unspecified atom stereocenters. The maximum Gasteiger partial charge on any atom is 0.309 e. The molecule has 1 aliphatic carbocycles. The molecule has 0 heterocycles. The van der Waals surface area contributed by atoms with E-state index in [1.54, 1.807) is 0 Å². The zero-order chi connectivity index (χ0) is 13.3. The fourth-order valence-electron chi connectivity index (χ4n) is 2.14. The van der Waals surface area contributed by atoms with E-state index in [4.69, 9.17) is 0 Å². The molecule has 0 N–H and O–H groups in total. The molecule has 1 saturated carbocycles. The lowest BCUT2D eigenvalue weighted by atomic mass is 9.99. The summed E-state index contributed by atoms with van der Waals surface area (Å²) in [6.45, 7) is 4.23. The van der Waals surface area contributed by atoms with Gasteiger partial charge in [-0.05, 0) is 17.9 Å². The normalized spacial score (nSPS) is 21.8. The lowest BCUT2D eigenvalue weighted by molar-refractivity contribution is -0.142. The largest absolute Gasteiger partial charge is 0.469 e. The Kier molecular flexibility index (Phi) is 3.50. The van der Waals surface area contributed by atoms with Crippen LogP contribution in [-0.2, 0) is 9.53 Å². The second-order valence-corrected chi connectivity index (χ2v) is 5.11. The number of hydrogen-bond donors (Lipinski definition) is 0. The minimum atomic E-state index is -0.271. The van der Waals surface area contributed by atoms with Crippen LogP contribution in [0, 0.1) is 11.8 Å². The van der Waals surface area contributed by atoms with E-state index in [2.05, 4.69) is 18.6 Å². The summed E-state index contributed by atoms with van der Waals surface area (Å²) in [6, 6.07) is 7.66. The van der Waals surface area contributed by atoms with Gasteiger partial charge in [0, 0.05) is 11.5 Å². The Labute approximate surface area is 107 Å². The third-order valence-corrected chi connectivity index (χ3v) is 3.49. The summed E-state index contributed by atoms with van der Waals surface area (Å²) in [5.74, 6) is -0.166. The summed E-state index contributed by atoms with van der Waals surface area (Å²) in [4.78, 5) is 23.4. The van der Waals surface area contributed by atoms with E-state index < -0.39 is 0 Å². The molecule has 3 heteroatoms. The molecule has 1 aliphatic rings. The van der Waals surface area contributed by atoms with E-state index in [0.29, 0.717) is 17.9 Å². The SMILES string of the molecule is COC(=O)[C@@H]1C[C@@H]1C(=O)c1ccc(C(C)C)cc1. The summed E-state index contributed by atoms with van der Waals surface area (Å²) in [7, 11) is 1.36. The molecule has 0 spiro atoms. The molecule has 1 aromatic carbocycles. The minimum Gasteiger partial charge on any atom is -0.469 e. The van der Waals surface area contributed by atoms with E-state index in [1.807, 2.05) is 24.3 Å². The minimum absolute atomic E-state index is 0.0562. The Morgan fingerprint density at radius 2 is 1.78 bits per heavy atom. The van der Waals surface area contributed by atoms with Crippen LogP contribution in [0.3, 0.4) is 0 Å². The van der Waals surface area contributed by atoms with Gasteiger partial charge in [0.25, 0.3) is 0 Å². The Bertz CT molecular complexity index is 459. The Morgan fingerprint density at radius 1 is 1.17 bits per heavy atom. The maximum absolute atomic E-state index is 12.1. The first-order valence-corrected chi connectivity index (χ1v) is 6.26. The first kappa shape index (κ1) is 12.8. The summed E-state index contributed by atoms with van der Waals surface area (Å²) in [6.07, 6.45) is 0.622. The zero-order valence-corrected chi connectivity index (χ0v) is 11.0. The van der Waals surface area contributed by atoms with Gasteiger partial charge in [-0.25, -0.2) is 0 Å². The van der Waals surface area contributed by atoms with Gasteiger partial charge in [-0.15, -0.1) is 0 Å². The summed E-state index contributed by atoms with van der Waals surface area (Å²) in [5.41, 5.74) is 1.91. The first-order chi connectivity index (χ1) is 8.54. The van der Waals surface area contributed by atoms with E-state index >= 15 is 0 Å². The second kappa shape index (κ2) is 4.92. The number of methoxy groups -OCH3 is 1. The van der Waals surface area contributed by atoms with Gasteiger partial charge in [-0.3, -0.25) is 9.59 Å². The number of carbonyl (C=O) groups excluding carboxylic acids is 2. The third kappa shape index (κ3) is 2.45. The lowest BCUT2D eigenvalue weighted by Crippen LogP contribution is -2.10. The van der Waals surface area contributed by atoms with Gasteiger partial charge in [-0.2, -0.15) is 0 Å². The van der Waals surface area contributed by atoms with Gasteiger partial charge in [0.15, 0.2) is 5.78 Å². The number of ketones is 1. The van der Waals surface area contributed by atoms with E-state index in [0.717, 1.165) is 0 Å². The molecule has 0 aliphatic heterocycles. The molecule has 2 rings (SSSR count). The summed E-state index contributed by atoms with van der Waals surface area (Å²) < 4.78 is 4.65. The van der Waals surface area contributed by atoms with Gasteiger partial charge in [0.1, 0.15) is 0 Å². The van der Waals surface area contributed by atoms with Crippen molar-refractivity contribution in [3.8, 4) is 0 Å². The number of hydrogen-bond acceptors (Lipinski definition) is 3. The Balaban J connectivity index is 2.05. The monoisotopic (exact) mass is 246 g/mol. The van der Waals surface area contributed by atoms with Crippen LogP contribution in [0.15, 0.2) is 24.3 Å². The fraction of sp³-hybridized carbons (Fsp3) is 0.467. The standard InChI is InChI=1S/C15H18O3/c1-9(2)10-4-6-11(7-5-10)14(16)12-8-13(12)15(17)18-3/h4-7,9,12-13H,8H2,1-3H3/t12-,13+/m0/s1. The quantitative estimate of drug-likeness (QED) is 0.606. The molecule has 1 aromatic rings. The van der Waals surface area contributed by atoms with Gasteiger partial charge >= 0.3 is 5.97 Å². The molecule has 3 nitrogen and oxygen atoms in total. The highest BCUT2D eigenvalue weighted by Crippen LogP contribution is 2.41. The first-order valence-electron chi connectivity index (χ1n) is 6.26. The van der Waals surface area contributed by atoms with E-state index in [9.17, 15) is 9.59 Å². The molecule has 0 amide bonds. The van der Waals surface area contributed by atoms with Crippen molar-refractivity contribution in [3.63, 3.8) is 0 Å². The number of benzene rings is 1. The van der Waals surface area contributed by atoms with E-state index in [1.165, 1.54) is 12.7 Å². The number of rotatable bonds is 4. The maximum atomic E-state index is 12.1. The van der Waals surface area contributed by atoms with Crippen LogP contribution in [-0.4, -0.2) is 18.9 Å². The molecule has 96 valence electrons. The number of ether oxygens (including phenoxy) is 1. The van der Waals surface area contributed by atoms with Crippen molar-refractivity contribution >= 4 is 11.8 Å². The average Bonchev–Trinajstić information content (AvgIpc) is 3.17. The topological polar surface area (TPSA) is 43.4 Å². The highest BCUT2D eigenvalue weighted by atomic mass is 16.5. The summed E-state index contributed by atoms with van der Waals surface area (Å²) in [5, 5.41) is 0. The van der Waals surface area contributed by atoms with Crippen LogP contribution in [0.5, 0.6) is 0 Å². The number of Topliss-reactive ketones (excluding diaryl/α,β-unsaturated/α-hetero) is 1. The third-order valence-electron chi connectivity index (χ3n) is 3.49. The Hall–Kier alpha value is -1.64. The zero-order valence-electron chi connectivity index (χ0n) is 11.0. The molecule has 2 atom stereocenters. The Morgan fingerprint density at radius 3 is 2.28 bits per heavy atom. The van der Waals surface area contributed by atoms with Gasteiger partial charge < -0.3 is 4.74 Å². The van der Waals surface area contributed by atoms with Crippen molar-refractivity contribution in [2.75, 3.05) is 7.11 Å². The van der Waals surface area contributed by atoms with Crippen molar-refractivity contribution in [1.29, 1.82) is 0 Å². The molecular weight excluding hydrogens is 228 g/mol. The molecule has 0 aromatic heterocycles. The number of carbonyl (C=O) groups is 2. The lowest BCUT2D eigenvalue weighted by Gasteiger charge is -2.06. The highest BCUT2D eigenvalue weighted by molar-refractivity contribution is 6.02. The molecule has 0 saturated heterocycles. The fourth-order valence-corrected chi connectivity index (χ4v) is 2.14. The number of esters is 1. The van der Waals surface area contributed by atoms with Crippen molar-refractivity contribution in [1.82, 2.24) is 0 Å². The molecule has 0 bridgehead atoms. The van der Waals surface area contributed by atoms with Crippen LogP contribution >= 0.6 is 0 Å². The predicted molar refractivity (Wildman–Crippen MR) is 68.5 cm³/mol. The molecule has 1 fully saturated rings. The molecular formula is C15H18O3.